The van der Waals surface area contributed by atoms with Gasteiger partial charge in [0.2, 0.25) is 0 Å². The summed E-state index contributed by atoms with van der Waals surface area (Å²) in [7, 11) is 0. The summed E-state index contributed by atoms with van der Waals surface area (Å²) in [5.74, 6) is -0.00174. The van der Waals surface area contributed by atoms with E-state index in [1.165, 1.54) is 6.21 Å². The van der Waals surface area contributed by atoms with Gasteiger partial charge >= 0.3 is 0 Å². The van der Waals surface area contributed by atoms with Gasteiger partial charge in [-0.15, -0.1) is 0 Å². The predicted octanol–water partition coefficient (Wildman–Crippen LogP) is 4.14. The van der Waals surface area contributed by atoms with Gasteiger partial charge in [-0.1, -0.05) is 39.7 Å². The van der Waals surface area contributed by atoms with Gasteiger partial charge in [0.05, 0.1) is 16.4 Å². The predicted molar refractivity (Wildman–Crippen MR) is 78.9 cm³/mol. The lowest BCUT2D eigenvalue weighted by atomic mass is 10.2. The normalized spacial score (nSPS) is 11.0. The van der Waals surface area contributed by atoms with Crippen molar-refractivity contribution in [1.29, 1.82) is 0 Å². The van der Waals surface area contributed by atoms with Crippen molar-refractivity contribution in [2.75, 3.05) is 5.73 Å². The van der Waals surface area contributed by atoms with Crippen LogP contribution < -0.4 is 5.73 Å². The molecule has 0 aliphatic heterocycles. The van der Waals surface area contributed by atoms with Crippen molar-refractivity contribution in [2.45, 2.75) is 0 Å². The highest BCUT2D eigenvalue weighted by molar-refractivity contribution is 9.10. The zero-order chi connectivity index (χ0) is 13.1. The first-order chi connectivity index (χ1) is 8.58. The fourth-order valence-electron chi connectivity index (χ4n) is 1.43. The third-order valence-corrected chi connectivity index (χ3v) is 3.08. The van der Waals surface area contributed by atoms with Gasteiger partial charge in [-0.25, -0.2) is 0 Å². The SMILES string of the molecule is Nc1ccccc1N=Cc1cc(Br)cc(Cl)c1O. The van der Waals surface area contributed by atoms with E-state index in [4.69, 9.17) is 17.3 Å². The van der Waals surface area contributed by atoms with Gasteiger partial charge in [0.1, 0.15) is 5.75 Å². The third-order valence-electron chi connectivity index (χ3n) is 2.34. The first kappa shape index (κ1) is 12.9. The molecule has 0 amide bonds. The molecule has 0 aliphatic carbocycles. The minimum atomic E-state index is -0.00174. The molecule has 5 heteroatoms. The minimum absolute atomic E-state index is 0.00174. The average Bonchev–Trinajstić information content (AvgIpc) is 2.33. The molecule has 0 saturated heterocycles. The van der Waals surface area contributed by atoms with Gasteiger partial charge < -0.3 is 10.8 Å². The number of phenols is 1. The van der Waals surface area contributed by atoms with Gasteiger partial charge in [-0.2, -0.15) is 0 Å². The summed E-state index contributed by atoms with van der Waals surface area (Å²) in [4.78, 5) is 4.23. The lowest BCUT2D eigenvalue weighted by Crippen LogP contribution is -1.87. The van der Waals surface area contributed by atoms with Crippen molar-refractivity contribution in [3.63, 3.8) is 0 Å². The van der Waals surface area contributed by atoms with Crippen LogP contribution in [0.15, 0.2) is 45.9 Å². The number of nitrogen functional groups attached to an aromatic ring is 1. The summed E-state index contributed by atoms with van der Waals surface area (Å²) in [6.07, 6.45) is 1.53. The molecule has 0 saturated carbocycles. The van der Waals surface area contributed by atoms with Gasteiger partial charge in [0.15, 0.2) is 0 Å². The number of anilines is 1. The number of benzene rings is 2. The van der Waals surface area contributed by atoms with Crippen LogP contribution in [0, 0.1) is 0 Å². The van der Waals surface area contributed by atoms with E-state index in [1.807, 2.05) is 12.1 Å². The Morgan fingerprint density at radius 2 is 2.00 bits per heavy atom. The van der Waals surface area contributed by atoms with Crippen LogP contribution in [-0.2, 0) is 0 Å². The molecule has 3 nitrogen and oxygen atoms in total. The minimum Gasteiger partial charge on any atom is -0.506 e. The van der Waals surface area contributed by atoms with Crippen LogP contribution in [0.5, 0.6) is 5.75 Å². The fraction of sp³-hybridized carbons (Fsp3) is 0. The number of rotatable bonds is 2. The number of aromatic hydroxyl groups is 1. The van der Waals surface area contributed by atoms with Crippen LogP contribution in [0.1, 0.15) is 5.56 Å². The Balaban J connectivity index is 2.38. The van der Waals surface area contributed by atoms with E-state index in [1.54, 1.807) is 24.3 Å². The van der Waals surface area contributed by atoms with E-state index >= 15 is 0 Å². The zero-order valence-electron chi connectivity index (χ0n) is 9.27. The molecule has 0 spiro atoms. The van der Waals surface area contributed by atoms with Gasteiger partial charge in [0, 0.05) is 16.3 Å². The topological polar surface area (TPSA) is 58.6 Å². The summed E-state index contributed by atoms with van der Waals surface area (Å²) in [6.45, 7) is 0. The molecule has 0 bridgehead atoms. The molecule has 0 atom stereocenters. The summed E-state index contributed by atoms with van der Waals surface area (Å²) >= 11 is 9.17. The smallest absolute Gasteiger partial charge is 0.143 e. The second-order valence-corrected chi connectivity index (χ2v) is 4.97. The van der Waals surface area contributed by atoms with Crippen molar-refractivity contribution >= 4 is 45.1 Å². The number of halogens is 2. The Morgan fingerprint density at radius 3 is 2.72 bits per heavy atom. The van der Waals surface area contributed by atoms with E-state index in [0.29, 0.717) is 16.9 Å². The number of para-hydroxylation sites is 2. The number of phenolic OH excluding ortho intramolecular Hbond substituents is 1. The van der Waals surface area contributed by atoms with Crippen molar-refractivity contribution in [3.05, 3.63) is 51.5 Å². The van der Waals surface area contributed by atoms with Crippen LogP contribution in [0.2, 0.25) is 5.02 Å². The quantitative estimate of drug-likeness (QED) is 0.644. The van der Waals surface area contributed by atoms with Crippen LogP contribution in [-0.4, -0.2) is 11.3 Å². The standard InChI is InChI=1S/C13H10BrClN2O/c14-9-5-8(13(18)10(15)6-9)7-17-12-4-2-1-3-11(12)16/h1-7,18H,16H2. The second-order valence-electron chi connectivity index (χ2n) is 3.64. The lowest BCUT2D eigenvalue weighted by Gasteiger charge is -2.03. The molecular weight excluding hydrogens is 316 g/mol. The van der Waals surface area contributed by atoms with Crippen LogP contribution in [0.4, 0.5) is 11.4 Å². The monoisotopic (exact) mass is 324 g/mol. The van der Waals surface area contributed by atoms with E-state index < -0.39 is 0 Å². The number of nitrogens with zero attached hydrogens (tertiary/aromatic N) is 1. The van der Waals surface area contributed by atoms with E-state index in [0.717, 1.165) is 4.47 Å². The van der Waals surface area contributed by atoms with Crippen LogP contribution in [0.25, 0.3) is 0 Å². The van der Waals surface area contributed by atoms with E-state index in [2.05, 4.69) is 20.9 Å². The maximum absolute atomic E-state index is 9.79. The lowest BCUT2D eigenvalue weighted by molar-refractivity contribution is 0.474. The maximum Gasteiger partial charge on any atom is 0.143 e. The molecule has 0 heterocycles. The van der Waals surface area contributed by atoms with E-state index in [-0.39, 0.29) is 10.8 Å². The molecule has 3 N–H and O–H groups in total. The zero-order valence-corrected chi connectivity index (χ0v) is 11.6. The fourth-order valence-corrected chi connectivity index (χ4v) is 2.26. The number of nitrogens with two attached hydrogens (primary N) is 1. The molecule has 0 unspecified atom stereocenters. The highest BCUT2D eigenvalue weighted by Crippen LogP contribution is 2.31. The Bertz CT molecular complexity index is 614. The molecule has 0 aliphatic rings. The largest absolute Gasteiger partial charge is 0.506 e. The second kappa shape index (κ2) is 5.42. The van der Waals surface area contributed by atoms with Crippen molar-refractivity contribution in [2.24, 2.45) is 4.99 Å². The van der Waals surface area contributed by atoms with Gasteiger partial charge in [-0.3, -0.25) is 4.99 Å². The molecule has 0 fully saturated rings. The number of hydrogen-bond acceptors (Lipinski definition) is 3. The van der Waals surface area contributed by atoms with Crippen LogP contribution >= 0.6 is 27.5 Å². The van der Waals surface area contributed by atoms with Gasteiger partial charge in [-0.05, 0) is 24.3 Å². The summed E-state index contributed by atoms with van der Waals surface area (Å²) < 4.78 is 0.771. The molecule has 18 heavy (non-hydrogen) atoms. The molecule has 2 aromatic rings. The molecule has 2 rings (SSSR count). The first-order valence-electron chi connectivity index (χ1n) is 5.14. The Morgan fingerprint density at radius 1 is 1.28 bits per heavy atom. The van der Waals surface area contributed by atoms with Crippen LogP contribution in [0.3, 0.4) is 0 Å². The molecule has 92 valence electrons. The van der Waals surface area contributed by atoms with Gasteiger partial charge in [0.25, 0.3) is 0 Å². The molecular formula is C13H10BrClN2O. The number of hydrogen-bond donors (Lipinski definition) is 2. The first-order valence-corrected chi connectivity index (χ1v) is 6.31. The summed E-state index contributed by atoms with van der Waals surface area (Å²) in [6, 6.07) is 10.6. The average molecular weight is 326 g/mol. The molecule has 2 aromatic carbocycles. The number of aliphatic imine (C=N–C) groups is 1. The Kier molecular flexibility index (Phi) is 3.89. The highest BCUT2D eigenvalue weighted by atomic mass is 79.9. The Labute approximate surface area is 118 Å². The van der Waals surface area contributed by atoms with E-state index in [9.17, 15) is 5.11 Å². The van der Waals surface area contributed by atoms with Crippen molar-refractivity contribution in [3.8, 4) is 5.75 Å². The molecule has 0 radical (unpaired) electrons. The molecule has 0 aromatic heterocycles. The highest BCUT2D eigenvalue weighted by Gasteiger charge is 2.05. The summed E-state index contributed by atoms with van der Waals surface area (Å²) in [5, 5.41) is 10.1. The van der Waals surface area contributed by atoms with Crippen molar-refractivity contribution < 1.29 is 5.11 Å². The summed E-state index contributed by atoms with van der Waals surface area (Å²) in [5.41, 5.74) is 7.52. The Hall–Kier alpha value is -1.52. The maximum atomic E-state index is 9.79. The van der Waals surface area contributed by atoms with Crippen molar-refractivity contribution in [1.82, 2.24) is 0 Å². The third kappa shape index (κ3) is 2.83.